The van der Waals surface area contributed by atoms with Crippen LogP contribution < -0.4 is 15.4 Å². The van der Waals surface area contributed by atoms with E-state index in [0.29, 0.717) is 35.8 Å². The van der Waals surface area contributed by atoms with Crippen LogP contribution in [-0.2, 0) is 21.7 Å². The van der Waals surface area contributed by atoms with E-state index >= 15 is 0 Å². The van der Waals surface area contributed by atoms with Gasteiger partial charge in [-0.2, -0.15) is 0 Å². The first-order valence-electron chi connectivity index (χ1n) is 9.50. The summed E-state index contributed by atoms with van der Waals surface area (Å²) < 4.78 is 7.36. The summed E-state index contributed by atoms with van der Waals surface area (Å²) in [7, 11) is 0. The summed E-state index contributed by atoms with van der Waals surface area (Å²) in [4.78, 5) is 39.2. The van der Waals surface area contributed by atoms with Crippen LogP contribution in [-0.4, -0.2) is 50.5 Å². The van der Waals surface area contributed by atoms with Crippen LogP contribution in [0.2, 0.25) is 0 Å². The van der Waals surface area contributed by atoms with Crippen molar-refractivity contribution in [2.45, 2.75) is 18.5 Å². The molecule has 2 aliphatic heterocycles. The van der Waals surface area contributed by atoms with Crippen molar-refractivity contribution in [3.63, 3.8) is 0 Å². The zero-order chi connectivity index (χ0) is 20.7. The Labute approximate surface area is 170 Å². The minimum absolute atomic E-state index is 0.121. The van der Waals surface area contributed by atoms with Crippen LogP contribution in [0.25, 0.3) is 5.65 Å². The lowest BCUT2D eigenvalue weighted by molar-refractivity contribution is -0.136. The number of aromatic nitrogens is 3. The van der Waals surface area contributed by atoms with E-state index in [9.17, 15) is 14.4 Å². The molecule has 152 valence electrons. The Hall–Kier alpha value is -3.95. The number of imide groups is 1. The maximum absolute atomic E-state index is 13.2. The minimum atomic E-state index is -1.20. The van der Waals surface area contributed by atoms with E-state index in [1.54, 1.807) is 40.9 Å². The first-order chi connectivity index (χ1) is 14.6. The van der Waals surface area contributed by atoms with Crippen LogP contribution in [0.15, 0.2) is 48.7 Å². The number of pyridine rings is 1. The number of para-hydroxylation sites is 1. The predicted molar refractivity (Wildman–Crippen MR) is 103 cm³/mol. The number of ether oxygens (including phenoxy) is 1. The standard InChI is InChI=1S/C20H18N6O4/c27-17(21-11-16-24-23-15-7-3-4-9-25(15)16)12-26-18(28)20(22-19(26)29)8-10-30-14-6-2-1-5-13(14)20/h1-7,9H,8,10-12H2,(H,21,27)(H,22,29)/t20-/m0/s1. The van der Waals surface area contributed by atoms with Crippen molar-refractivity contribution in [3.05, 3.63) is 60.0 Å². The van der Waals surface area contributed by atoms with Gasteiger partial charge in [0.1, 0.15) is 12.3 Å². The van der Waals surface area contributed by atoms with Crippen LogP contribution in [0.5, 0.6) is 5.75 Å². The van der Waals surface area contributed by atoms with Gasteiger partial charge in [-0.1, -0.05) is 24.3 Å². The number of nitrogens with zero attached hydrogens (tertiary/aromatic N) is 4. The Morgan fingerprint density at radius 3 is 2.90 bits per heavy atom. The molecule has 0 aliphatic carbocycles. The highest BCUT2D eigenvalue weighted by molar-refractivity contribution is 6.09. The molecule has 10 nitrogen and oxygen atoms in total. The molecule has 2 aromatic heterocycles. The van der Waals surface area contributed by atoms with Crippen LogP contribution in [0, 0.1) is 0 Å². The van der Waals surface area contributed by atoms with Crippen molar-refractivity contribution in [1.82, 2.24) is 30.1 Å². The fraction of sp³-hybridized carbons (Fsp3) is 0.250. The molecule has 30 heavy (non-hydrogen) atoms. The van der Waals surface area contributed by atoms with Gasteiger partial charge in [0, 0.05) is 18.2 Å². The largest absolute Gasteiger partial charge is 0.493 e. The number of rotatable bonds is 4. The Bertz CT molecular complexity index is 1170. The Morgan fingerprint density at radius 2 is 2.00 bits per heavy atom. The summed E-state index contributed by atoms with van der Waals surface area (Å²) in [6, 6.07) is 12.0. The zero-order valence-corrected chi connectivity index (χ0v) is 15.9. The van der Waals surface area contributed by atoms with Crippen LogP contribution in [0.4, 0.5) is 4.79 Å². The second-order valence-electron chi connectivity index (χ2n) is 7.14. The smallest absolute Gasteiger partial charge is 0.325 e. The number of carbonyl (C=O) groups excluding carboxylic acids is 3. The molecule has 1 aromatic carbocycles. The normalized spacial score (nSPS) is 20.2. The monoisotopic (exact) mass is 406 g/mol. The van der Waals surface area contributed by atoms with Gasteiger partial charge in [0.25, 0.3) is 5.91 Å². The molecule has 10 heteroatoms. The number of fused-ring (bicyclic) bond motifs is 3. The molecule has 3 aromatic rings. The molecule has 1 atom stereocenters. The molecule has 0 bridgehead atoms. The lowest BCUT2D eigenvalue weighted by atomic mass is 9.84. The first kappa shape index (κ1) is 18.1. The second kappa shape index (κ2) is 6.83. The van der Waals surface area contributed by atoms with Gasteiger partial charge in [-0.25, -0.2) is 4.79 Å². The van der Waals surface area contributed by atoms with Gasteiger partial charge in [0.2, 0.25) is 5.91 Å². The molecule has 4 amide bonds. The molecule has 2 aliphatic rings. The molecule has 0 saturated carbocycles. The van der Waals surface area contributed by atoms with Gasteiger partial charge in [-0.05, 0) is 18.2 Å². The minimum Gasteiger partial charge on any atom is -0.493 e. The van der Waals surface area contributed by atoms with Gasteiger partial charge >= 0.3 is 6.03 Å². The fourth-order valence-corrected chi connectivity index (χ4v) is 3.90. The molecule has 1 fully saturated rings. The van der Waals surface area contributed by atoms with E-state index in [1.807, 2.05) is 12.1 Å². The summed E-state index contributed by atoms with van der Waals surface area (Å²) >= 11 is 0. The van der Waals surface area contributed by atoms with Gasteiger partial charge in [0.15, 0.2) is 17.0 Å². The average Bonchev–Trinajstić information content (AvgIpc) is 3.28. The SMILES string of the molecule is O=C(CN1C(=O)N[C@]2(CCOc3ccccc32)C1=O)NCc1nnc2ccccn12. The van der Waals surface area contributed by atoms with Gasteiger partial charge < -0.3 is 15.4 Å². The van der Waals surface area contributed by atoms with Crippen molar-refractivity contribution < 1.29 is 19.1 Å². The number of carbonyl (C=O) groups is 3. The lowest BCUT2D eigenvalue weighted by Gasteiger charge is -2.33. The first-order valence-corrected chi connectivity index (χ1v) is 9.50. The highest BCUT2D eigenvalue weighted by Gasteiger charge is 2.55. The third-order valence-corrected chi connectivity index (χ3v) is 5.39. The van der Waals surface area contributed by atoms with Crippen LogP contribution in [0.1, 0.15) is 17.8 Å². The Morgan fingerprint density at radius 1 is 1.17 bits per heavy atom. The van der Waals surface area contributed by atoms with E-state index in [1.165, 1.54) is 0 Å². The van der Waals surface area contributed by atoms with E-state index in [-0.39, 0.29) is 13.1 Å². The van der Waals surface area contributed by atoms with Crippen molar-refractivity contribution in [2.75, 3.05) is 13.2 Å². The lowest BCUT2D eigenvalue weighted by Crippen LogP contribution is -2.48. The van der Waals surface area contributed by atoms with E-state index in [2.05, 4.69) is 20.8 Å². The number of urea groups is 1. The fourth-order valence-electron chi connectivity index (χ4n) is 3.90. The summed E-state index contributed by atoms with van der Waals surface area (Å²) in [5, 5.41) is 13.5. The highest BCUT2D eigenvalue weighted by Crippen LogP contribution is 2.40. The van der Waals surface area contributed by atoms with Crippen molar-refractivity contribution in [3.8, 4) is 5.75 Å². The van der Waals surface area contributed by atoms with Crippen LogP contribution >= 0.6 is 0 Å². The maximum atomic E-state index is 13.2. The summed E-state index contributed by atoms with van der Waals surface area (Å²) in [5.41, 5.74) is 0.0681. The van der Waals surface area contributed by atoms with E-state index < -0.39 is 23.4 Å². The molecule has 4 heterocycles. The van der Waals surface area contributed by atoms with Gasteiger partial charge in [-0.3, -0.25) is 18.9 Å². The number of nitrogens with one attached hydrogen (secondary N) is 2. The quantitative estimate of drug-likeness (QED) is 0.612. The topological polar surface area (TPSA) is 118 Å². The maximum Gasteiger partial charge on any atom is 0.325 e. The molecule has 0 radical (unpaired) electrons. The van der Waals surface area contributed by atoms with Crippen molar-refractivity contribution >= 4 is 23.5 Å². The molecule has 2 N–H and O–H groups in total. The van der Waals surface area contributed by atoms with Gasteiger partial charge in [-0.15, -0.1) is 10.2 Å². The number of amides is 4. The predicted octanol–water partition coefficient (Wildman–Crippen LogP) is 0.575. The molecular formula is C20H18N6O4. The number of hydrogen-bond acceptors (Lipinski definition) is 6. The Kier molecular flexibility index (Phi) is 4.12. The van der Waals surface area contributed by atoms with Gasteiger partial charge in [0.05, 0.1) is 13.2 Å². The Balaban J connectivity index is 1.30. The molecule has 1 saturated heterocycles. The third kappa shape index (κ3) is 2.76. The number of hydrogen-bond donors (Lipinski definition) is 2. The van der Waals surface area contributed by atoms with Crippen molar-refractivity contribution in [2.24, 2.45) is 0 Å². The second-order valence-corrected chi connectivity index (χ2v) is 7.14. The molecule has 0 unspecified atom stereocenters. The van der Waals surface area contributed by atoms with Crippen LogP contribution in [0.3, 0.4) is 0 Å². The summed E-state index contributed by atoms with van der Waals surface area (Å²) in [5.74, 6) is 0.184. The average molecular weight is 406 g/mol. The van der Waals surface area contributed by atoms with E-state index in [0.717, 1.165) is 4.90 Å². The summed E-state index contributed by atoms with van der Waals surface area (Å²) in [6.07, 6.45) is 2.10. The van der Waals surface area contributed by atoms with Crippen molar-refractivity contribution in [1.29, 1.82) is 0 Å². The highest BCUT2D eigenvalue weighted by atomic mass is 16.5. The molecule has 1 spiro atoms. The van der Waals surface area contributed by atoms with E-state index in [4.69, 9.17) is 4.74 Å². The zero-order valence-electron chi connectivity index (χ0n) is 15.9. The summed E-state index contributed by atoms with van der Waals surface area (Å²) in [6.45, 7) is 0.0324. The molecule has 5 rings (SSSR count). The third-order valence-electron chi connectivity index (χ3n) is 5.39. The number of benzene rings is 1. The molecular weight excluding hydrogens is 388 g/mol.